The van der Waals surface area contributed by atoms with Crippen molar-refractivity contribution in [2.24, 2.45) is 0 Å². The molecule has 4 aromatic rings. The Labute approximate surface area is 262 Å². The maximum absolute atomic E-state index is 12.6. The lowest BCUT2D eigenvalue weighted by Gasteiger charge is -2.43. The van der Waals surface area contributed by atoms with E-state index in [1.165, 1.54) is 46.3 Å². The first-order chi connectivity index (χ1) is 21.2. The molecule has 0 spiro atoms. The molecule has 0 aromatic heterocycles. The molecule has 0 bridgehead atoms. The van der Waals surface area contributed by atoms with Gasteiger partial charge in [0.2, 0.25) is 0 Å². The van der Waals surface area contributed by atoms with Crippen LogP contribution in [-0.4, -0.2) is 34.2 Å². The molecule has 6 rings (SSSR count). The van der Waals surface area contributed by atoms with Crippen LogP contribution in [0.3, 0.4) is 0 Å². The highest BCUT2D eigenvalue weighted by Gasteiger charge is 2.39. The average molecular weight is 638 g/mol. The summed E-state index contributed by atoms with van der Waals surface area (Å²) < 4.78 is 47.8. The molecule has 1 aliphatic heterocycles. The van der Waals surface area contributed by atoms with Crippen LogP contribution in [0.1, 0.15) is 41.0 Å². The molecule has 44 heavy (non-hydrogen) atoms. The summed E-state index contributed by atoms with van der Waals surface area (Å²) in [6.07, 6.45) is -1.10. The van der Waals surface area contributed by atoms with Crippen LogP contribution < -0.4 is 9.46 Å². The van der Waals surface area contributed by atoms with Crippen LogP contribution in [0, 0.1) is 10.1 Å². The Hall–Kier alpha value is -3.51. The fraction of sp³-hybridized carbons (Fsp3) is 0.273. The highest BCUT2D eigenvalue weighted by Crippen LogP contribution is 2.44. The highest BCUT2D eigenvalue weighted by atomic mass is 32.2. The number of nitrogens with one attached hydrogen (secondary N) is 1. The zero-order valence-electron chi connectivity index (χ0n) is 23.6. The maximum Gasteiger partial charge on any atom is 0.573 e. The van der Waals surface area contributed by atoms with Crippen LogP contribution in [0.25, 0.3) is 0 Å². The van der Waals surface area contributed by atoms with Crippen molar-refractivity contribution in [1.29, 1.82) is 0 Å². The minimum Gasteiger partial charge on any atom is -0.406 e. The Bertz CT molecular complexity index is 1560. The Kier molecular flexibility index (Phi) is 9.18. The van der Waals surface area contributed by atoms with Crippen LogP contribution >= 0.6 is 23.9 Å². The number of benzene rings is 4. The van der Waals surface area contributed by atoms with Gasteiger partial charge in [0.15, 0.2) is 0 Å². The van der Waals surface area contributed by atoms with E-state index in [-0.39, 0.29) is 34.4 Å². The molecular weight excluding hydrogens is 608 g/mol. The summed E-state index contributed by atoms with van der Waals surface area (Å²) in [6, 6.07) is 30.2. The lowest BCUT2D eigenvalue weighted by Crippen LogP contribution is -2.47. The first-order valence-electron chi connectivity index (χ1n) is 14.4. The summed E-state index contributed by atoms with van der Waals surface area (Å²) in [7, 11) is 0. The maximum atomic E-state index is 12.6. The van der Waals surface area contributed by atoms with E-state index in [1.807, 2.05) is 0 Å². The number of alkyl halides is 3. The Morgan fingerprint density at radius 3 is 2.02 bits per heavy atom. The van der Waals surface area contributed by atoms with Crippen molar-refractivity contribution in [3.05, 3.63) is 129 Å². The lowest BCUT2D eigenvalue weighted by molar-refractivity contribution is -0.384. The Balaban J connectivity index is 1.27. The van der Waals surface area contributed by atoms with Crippen molar-refractivity contribution >= 4 is 29.6 Å². The van der Waals surface area contributed by atoms with Crippen molar-refractivity contribution in [2.45, 2.75) is 59.8 Å². The van der Waals surface area contributed by atoms with Gasteiger partial charge in [-0.1, -0.05) is 48.5 Å². The molecule has 6 nitrogen and oxygen atoms in total. The number of nitro groups is 1. The third kappa shape index (κ3) is 7.23. The van der Waals surface area contributed by atoms with E-state index < -0.39 is 6.36 Å². The summed E-state index contributed by atoms with van der Waals surface area (Å²) in [4.78, 5) is 12.6. The van der Waals surface area contributed by atoms with E-state index in [2.05, 4.69) is 62.3 Å². The van der Waals surface area contributed by atoms with Crippen molar-refractivity contribution in [2.75, 3.05) is 6.54 Å². The average Bonchev–Trinajstić information content (AvgIpc) is 3.18. The van der Waals surface area contributed by atoms with E-state index in [0.29, 0.717) is 0 Å². The SMILES string of the molecule is O=[N+]([O-])c1ccc(SN2CCC(NSc3ccc(OC(F)(F)F)cc3)CC2C2c3ccccc3CCc3ccccc32)cc1. The van der Waals surface area contributed by atoms with Gasteiger partial charge in [0.1, 0.15) is 5.75 Å². The fourth-order valence-corrected chi connectivity index (χ4v) is 7.96. The minimum absolute atomic E-state index is 0.0652. The second-order valence-electron chi connectivity index (χ2n) is 10.9. The van der Waals surface area contributed by atoms with E-state index in [9.17, 15) is 23.3 Å². The molecule has 1 fully saturated rings. The van der Waals surface area contributed by atoms with E-state index in [4.69, 9.17) is 0 Å². The topological polar surface area (TPSA) is 67.6 Å². The van der Waals surface area contributed by atoms with Gasteiger partial charge in [0, 0.05) is 46.5 Å². The van der Waals surface area contributed by atoms with Gasteiger partial charge >= 0.3 is 6.36 Å². The zero-order valence-corrected chi connectivity index (χ0v) is 25.2. The third-order valence-electron chi connectivity index (χ3n) is 8.09. The van der Waals surface area contributed by atoms with Crippen molar-refractivity contribution < 1.29 is 22.8 Å². The van der Waals surface area contributed by atoms with Gasteiger partial charge in [0.05, 0.1) is 4.92 Å². The predicted molar refractivity (Wildman–Crippen MR) is 167 cm³/mol. The predicted octanol–water partition coefficient (Wildman–Crippen LogP) is 8.56. The largest absolute Gasteiger partial charge is 0.573 e. The summed E-state index contributed by atoms with van der Waals surface area (Å²) in [5.41, 5.74) is 5.41. The zero-order chi connectivity index (χ0) is 30.7. The number of piperidine rings is 1. The Morgan fingerprint density at radius 1 is 0.841 bits per heavy atom. The van der Waals surface area contributed by atoms with Crippen LogP contribution in [0.5, 0.6) is 5.75 Å². The summed E-state index contributed by atoms with van der Waals surface area (Å²) in [6.45, 7) is 0.781. The third-order valence-corrected chi connectivity index (χ3v) is 10.2. The first-order valence-corrected chi connectivity index (χ1v) is 16.0. The number of aryl methyl sites for hydroxylation is 2. The van der Waals surface area contributed by atoms with Crippen molar-refractivity contribution in [1.82, 2.24) is 9.03 Å². The van der Waals surface area contributed by atoms with Gasteiger partial charge < -0.3 is 4.74 Å². The van der Waals surface area contributed by atoms with Gasteiger partial charge in [-0.3, -0.25) is 14.8 Å². The normalized spacial score (nSPS) is 19.1. The van der Waals surface area contributed by atoms with Crippen LogP contribution in [0.2, 0.25) is 0 Å². The number of non-ortho nitro benzene ring substituents is 1. The van der Waals surface area contributed by atoms with Gasteiger partial charge in [-0.25, -0.2) is 4.31 Å². The molecule has 1 saturated heterocycles. The van der Waals surface area contributed by atoms with Crippen LogP contribution in [-0.2, 0) is 12.8 Å². The molecule has 1 N–H and O–H groups in total. The minimum atomic E-state index is -4.72. The molecule has 0 amide bonds. The molecular formula is C33H30F3N3O3S2. The van der Waals surface area contributed by atoms with E-state index >= 15 is 0 Å². The smallest absolute Gasteiger partial charge is 0.406 e. The van der Waals surface area contributed by atoms with Crippen LogP contribution in [0.4, 0.5) is 18.9 Å². The molecule has 228 valence electrons. The quantitative estimate of drug-likeness (QED) is 0.118. The van der Waals surface area contributed by atoms with Crippen molar-refractivity contribution in [3.8, 4) is 5.75 Å². The highest BCUT2D eigenvalue weighted by molar-refractivity contribution is 7.97. The molecule has 4 aromatic carbocycles. The monoisotopic (exact) mass is 637 g/mol. The molecule has 2 aliphatic rings. The molecule has 1 heterocycles. The summed E-state index contributed by atoms with van der Waals surface area (Å²) >= 11 is 3.05. The second kappa shape index (κ2) is 13.2. The molecule has 1 aliphatic carbocycles. The second-order valence-corrected chi connectivity index (χ2v) is 12.9. The Morgan fingerprint density at radius 2 is 1.43 bits per heavy atom. The summed E-state index contributed by atoms with van der Waals surface area (Å²) in [5, 5.41) is 11.2. The molecule has 0 radical (unpaired) electrons. The number of nitrogens with zero attached hydrogens (tertiary/aromatic N) is 2. The number of fused-ring (bicyclic) bond motifs is 2. The molecule has 0 saturated carbocycles. The number of halogens is 3. The number of rotatable bonds is 8. The number of hydrogen-bond donors (Lipinski definition) is 1. The van der Waals surface area contributed by atoms with Gasteiger partial charge in [0.25, 0.3) is 5.69 Å². The standard InChI is InChI=1S/C33H30F3N3O3S2/c34-33(35,36)42-26-13-17-27(18-14-26)43-37-24-19-20-38(44-28-15-11-25(12-16-28)39(40)41)31(21-24)32-29-7-3-1-5-22(29)9-10-23-6-2-4-8-30(23)32/h1-8,11-18,24,31-32,37H,9-10,19-21H2. The molecule has 2 atom stereocenters. The van der Waals surface area contributed by atoms with Gasteiger partial charge in [-0.2, -0.15) is 0 Å². The number of nitro benzene ring substituents is 1. The summed E-state index contributed by atoms with van der Waals surface area (Å²) in [5.74, 6) is -0.131. The molecule has 11 heteroatoms. The van der Waals surface area contributed by atoms with Gasteiger partial charge in [-0.05, 0) is 108 Å². The first kappa shape index (κ1) is 30.5. The van der Waals surface area contributed by atoms with Crippen molar-refractivity contribution in [3.63, 3.8) is 0 Å². The number of hydrogen-bond acceptors (Lipinski definition) is 7. The van der Waals surface area contributed by atoms with Gasteiger partial charge in [-0.15, -0.1) is 13.2 Å². The number of ether oxygens (including phenoxy) is 1. The fourth-order valence-electron chi connectivity index (χ4n) is 6.11. The lowest BCUT2D eigenvalue weighted by atomic mass is 9.78. The van der Waals surface area contributed by atoms with E-state index in [1.54, 1.807) is 48.3 Å². The van der Waals surface area contributed by atoms with E-state index in [0.717, 1.165) is 42.0 Å². The van der Waals surface area contributed by atoms with Crippen LogP contribution in [0.15, 0.2) is 107 Å². The molecule has 2 unspecified atom stereocenters.